The lowest BCUT2D eigenvalue weighted by molar-refractivity contribution is 0.192. The zero-order valence-electron chi connectivity index (χ0n) is 8.56. The Kier molecular flexibility index (Phi) is 4.84. The van der Waals surface area contributed by atoms with Crippen molar-refractivity contribution in [3.63, 3.8) is 0 Å². The summed E-state index contributed by atoms with van der Waals surface area (Å²) >= 11 is 1.75. The van der Waals surface area contributed by atoms with Crippen molar-refractivity contribution in [2.24, 2.45) is 0 Å². The standard InChI is InChI=1S/C11H16O2S/c1-9(12)10-5-3-4-6-11(10)13-7-8-14-2/h3-6,9,12H,7-8H2,1-2H3. The first-order valence-electron chi connectivity index (χ1n) is 4.64. The van der Waals surface area contributed by atoms with Gasteiger partial charge in [0.05, 0.1) is 12.7 Å². The summed E-state index contributed by atoms with van der Waals surface area (Å²) < 4.78 is 5.56. The van der Waals surface area contributed by atoms with Gasteiger partial charge in [-0.1, -0.05) is 18.2 Å². The normalized spacial score (nSPS) is 12.5. The summed E-state index contributed by atoms with van der Waals surface area (Å²) in [6, 6.07) is 7.60. The van der Waals surface area contributed by atoms with Crippen LogP contribution < -0.4 is 4.74 Å². The molecule has 0 bridgehead atoms. The minimum absolute atomic E-state index is 0.472. The Bertz CT molecular complexity index is 274. The second-order valence-corrected chi connectivity index (χ2v) is 4.04. The molecule has 0 radical (unpaired) electrons. The van der Waals surface area contributed by atoms with Gasteiger partial charge in [-0.2, -0.15) is 11.8 Å². The highest BCUT2D eigenvalue weighted by Gasteiger charge is 2.07. The van der Waals surface area contributed by atoms with Gasteiger partial charge in [0.1, 0.15) is 5.75 Å². The molecule has 1 atom stereocenters. The molecule has 0 aliphatic carbocycles. The van der Waals surface area contributed by atoms with E-state index in [0.717, 1.165) is 17.1 Å². The van der Waals surface area contributed by atoms with Crippen LogP contribution in [0.15, 0.2) is 24.3 Å². The van der Waals surface area contributed by atoms with Crippen LogP contribution >= 0.6 is 11.8 Å². The molecule has 1 aromatic rings. The molecule has 0 saturated heterocycles. The van der Waals surface area contributed by atoms with Crippen LogP contribution in [0.5, 0.6) is 5.75 Å². The lowest BCUT2D eigenvalue weighted by atomic mass is 10.1. The van der Waals surface area contributed by atoms with E-state index in [9.17, 15) is 5.11 Å². The van der Waals surface area contributed by atoms with Gasteiger partial charge in [0.15, 0.2) is 0 Å². The Morgan fingerprint density at radius 2 is 2.14 bits per heavy atom. The van der Waals surface area contributed by atoms with Crippen molar-refractivity contribution in [2.45, 2.75) is 13.0 Å². The van der Waals surface area contributed by atoms with Gasteiger partial charge in [0.2, 0.25) is 0 Å². The average molecular weight is 212 g/mol. The number of hydrogen-bond donors (Lipinski definition) is 1. The predicted molar refractivity (Wildman–Crippen MR) is 61.0 cm³/mol. The number of para-hydroxylation sites is 1. The zero-order valence-corrected chi connectivity index (χ0v) is 9.38. The van der Waals surface area contributed by atoms with E-state index in [1.807, 2.05) is 30.5 Å². The van der Waals surface area contributed by atoms with Crippen molar-refractivity contribution in [3.05, 3.63) is 29.8 Å². The quantitative estimate of drug-likeness (QED) is 0.760. The van der Waals surface area contributed by atoms with Crippen LogP contribution in [0.4, 0.5) is 0 Å². The van der Waals surface area contributed by atoms with E-state index in [-0.39, 0.29) is 0 Å². The van der Waals surface area contributed by atoms with E-state index >= 15 is 0 Å². The highest BCUT2D eigenvalue weighted by atomic mass is 32.2. The molecule has 0 amide bonds. The molecule has 14 heavy (non-hydrogen) atoms. The first-order chi connectivity index (χ1) is 6.75. The summed E-state index contributed by atoms with van der Waals surface area (Å²) in [5.41, 5.74) is 0.855. The number of rotatable bonds is 5. The number of ether oxygens (including phenoxy) is 1. The van der Waals surface area contributed by atoms with Gasteiger partial charge < -0.3 is 9.84 Å². The summed E-state index contributed by atoms with van der Waals surface area (Å²) in [5.74, 6) is 1.75. The van der Waals surface area contributed by atoms with Crippen LogP contribution in [0.25, 0.3) is 0 Å². The molecule has 3 heteroatoms. The third-order valence-corrected chi connectivity index (χ3v) is 2.49. The number of hydrogen-bond acceptors (Lipinski definition) is 3. The molecule has 1 N–H and O–H groups in total. The van der Waals surface area contributed by atoms with Gasteiger partial charge in [-0.25, -0.2) is 0 Å². The minimum atomic E-state index is -0.472. The fraction of sp³-hybridized carbons (Fsp3) is 0.455. The molecule has 0 saturated carbocycles. The lowest BCUT2D eigenvalue weighted by Gasteiger charge is -2.12. The number of benzene rings is 1. The maximum atomic E-state index is 9.48. The third kappa shape index (κ3) is 3.24. The Hall–Kier alpha value is -0.670. The number of aliphatic hydroxyl groups is 1. The van der Waals surface area contributed by atoms with Crippen molar-refractivity contribution < 1.29 is 9.84 Å². The molecule has 0 heterocycles. The topological polar surface area (TPSA) is 29.5 Å². The van der Waals surface area contributed by atoms with Crippen LogP contribution in [-0.4, -0.2) is 23.7 Å². The predicted octanol–water partition coefficient (Wildman–Crippen LogP) is 2.48. The summed E-state index contributed by atoms with van der Waals surface area (Å²) in [7, 11) is 0. The molecule has 2 nitrogen and oxygen atoms in total. The van der Waals surface area contributed by atoms with Gasteiger partial charge in [-0.05, 0) is 19.2 Å². The SMILES string of the molecule is CSCCOc1ccccc1C(C)O. The Labute approximate surface area is 89.3 Å². The van der Waals surface area contributed by atoms with Crippen LogP contribution in [0.3, 0.4) is 0 Å². The van der Waals surface area contributed by atoms with Gasteiger partial charge >= 0.3 is 0 Å². The zero-order chi connectivity index (χ0) is 10.4. The van der Waals surface area contributed by atoms with Crippen molar-refractivity contribution in [1.29, 1.82) is 0 Å². The highest BCUT2D eigenvalue weighted by molar-refractivity contribution is 7.98. The maximum absolute atomic E-state index is 9.48. The van der Waals surface area contributed by atoms with Crippen LogP contribution in [-0.2, 0) is 0 Å². The molecule has 1 rings (SSSR count). The molecular formula is C11H16O2S. The number of thioether (sulfide) groups is 1. The monoisotopic (exact) mass is 212 g/mol. The van der Waals surface area contributed by atoms with E-state index in [1.54, 1.807) is 18.7 Å². The van der Waals surface area contributed by atoms with E-state index in [4.69, 9.17) is 4.74 Å². The van der Waals surface area contributed by atoms with Gasteiger partial charge in [-0.3, -0.25) is 0 Å². The lowest BCUT2D eigenvalue weighted by Crippen LogP contribution is -2.03. The van der Waals surface area contributed by atoms with Crippen LogP contribution in [0.2, 0.25) is 0 Å². The minimum Gasteiger partial charge on any atom is -0.492 e. The van der Waals surface area contributed by atoms with Crippen molar-refractivity contribution in [2.75, 3.05) is 18.6 Å². The summed E-state index contributed by atoms with van der Waals surface area (Å²) in [4.78, 5) is 0. The average Bonchev–Trinajstić information content (AvgIpc) is 2.19. The molecule has 78 valence electrons. The fourth-order valence-corrected chi connectivity index (χ4v) is 1.44. The molecule has 1 aromatic carbocycles. The molecule has 0 aliphatic rings. The fourth-order valence-electron chi connectivity index (χ4n) is 1.19. The van der Waals surface area contributed by atoms with E-state index in [0.29, 0.717) is 6.61 Å². The van der Waals surface area contributed by atoms with Gasteiger partial charge in [0.25, 0.3) is 0 Å². The number of aliphatic hydroxyl groups excluding tert-OH is 1. The summed E-state index contributed by atoms with van der Waals surface area (Å²) in [6.45, 7) is 2.43. The maximum Gasteiger partial charge on any atom is 0.125 e. The van der Waals surface area contributed by atoms with Crippen LogP contribution in [0, 0.1) is 0 Å². The van der Waals surface area contributed by atoms with Gasteiger partial charge in [0, 0.05) is 11.3 Å². The Morgan fingerprint density at radius 1 is 1.43 bits per heavy atom. The molecule has 0 aliphatic heterocycles. The molecular weight excluding hydrogens is 196 g/mol. The highest BCUT2D eigenvalue weighted by Crippen LogP contribution is 2.24. The summed E-state index contributed by atoms with van der Waals surface area (Å²) in [6.07, 6.45) is 1.57. The second kappa shape index (κ2) is 5.94. The Balaban J connectivity index is 2.64. The van der Waals surface area contributed by atoms with Crippen molar-refractivity contribution in [3.8, 4) is 5.75 Å². The molecule has 0 fully saturated rings. The molecule has 0 spiro atoms. The van der Waals surface area contributed by atoms with Crippen molar-refractivity contribution >= 4 is 11.8 Å². The van der Waals surface area contributed by atoms with E-state index < -0.39 is 6.10 Å². The van der Waals surface area contributed by atoms with Crippen LogP contribution in [0.1, 0.15) is 18.6 Å². The molecule has 1 unspecified atom stereocenters. The Morgan fingerprint density at radius 3 is 2.79 bits per heavy atom. The third-order valence-electron chi connectivity index (χ3n) is 1.91. The van der Waals surface area contributed by atoms with Crippen molar-refractivity contribution in [1.82, 2.24) is 0 Å². The first kappa shape index (κ1) is 11.4. The largest absolute Gasteiger partial charge is 0.492 e. The smallest absolute Gasteiger partial charge is 0.125 e. The summed E-state index contributed by atoms with van der Waals surface area (Å²) in [5, 5.41) is 9.48. The van der Waals surface area contributed by atoms with Gasteiger partial charge in [-0.15, -0.1) is 0 Å². The second-order valence-electron chi connectivity index (χ2n) is 3.06. The molecule has 0 aromatic heterocycles. The first-order valence-corrected chi connectivity index (χ1v) is 6.04. The van der Waals surface area contributed by atoms with E-state index in [2.05, 4.69) is 0 Å². The van der Waals surface area contributed by atoms with E-state index in [1.165, 1.54) is 0 Å².